The van der Waals surface area contributed by atoms with Gasteiger partial charge in [0.1, 0.15) is 5.69 Å². The number of halogens is 3. The number of amides is 3. The molecule has 3 fully saturated rings. The Balaban J connectivity index is 1.38. The van der Waals surface area contributed by atoms with E-state index >= 15 is 0 Å². The molecular weight excluding hydrogens is 545 g/mol. The van der Waals surface area contributed by atoms with Gasteiger partial charge in [-0.05, 0) is 60.4 Å². The molecule has 2 saturated heterocycles. The number of hydrogen-bond donors (Lipinski definition) is 1. The molecule has 0 spiro atoms. The van der Waals surface area contributed by atoms with Crippen LogP contribution in [0.2, 0.25) is 0 Å². The summed E-state index contributed by atoms with van der Waals surface area (Å²) in [4.78, 5) is 48.7. The number of carboxylic acid groups (broad SMARTS) is 1. The van der Waals surface area contributed by atoms with Gasteiger partial charge in [-0.2, -0.15) is 13.2 Å². The first-order valence-corrected chi connectivity index (χ1v) is 13.9. The largest absolute Gasteiger partial charge is 0.465 e. The third-order valence-electron chi connectivity index (χ3n) is 8.63. The van der Waals surface area contributed by atoms with E-state index in [1.807, 2.05) is 13.8 Å². The maximum absolute atomic E-state index is 13.8. The van der Waals surface area contributed by atoms with Crippen molar-refractivity contribution in [2.24, 2.45) is 23.2 Å². The highest BCUT2D eigenvalue weighted by Crippen LogP contribution is 2.63. The van der Waals surface area contributed by atoms with Crippen LogP contribution in [0.25, 0.3) is 21.3 Å². The van der Waals surface area contributed by atoms with Gasteiger partial charge in [-0.15, -0.1) is 11.3 Å². The SMILES string of the molecule is Cc1nc(C(F)(F)F)cc(-c2ccnc3cc(CN4C(=O)C5C(C4=O)C5(C)C)sc23)c1CC1CCN(C(=O)O)C1. The maximum Gasteiger partial charge on any atom is 0.433 e. The summed E-state index contributed by atoms with van der Waals surface area (Å²) in [6, 6.07) is 4.51. The molecule has 3 unspecified atom stereocenters. The van der Waals surface area contributed by atoms with Crippen molar-refractivity contribution in [2.75, 3.05) is 13.1 Å². The number of rotatable bonds is 5. The van der Waals surface area contributed by atoms with Gasteiger partial charge >= 0.3 is 12.3 Å². The number of carbonyl (C=O) groups excluding carboxylic acids is 2. The predicted octanol–water partition coefficient (Wildman–Crippen LogP) is 5.37. The number of aromatic nitrogens is 2. The molecule has 1 aliphatic carbocycles. The van der Waals surface area contributed by atoms with E-state index in [1.165, 1.54) is 27.3 Å². The molecule has 40 heavy (non-hydrogen) atoms. The van der Waals surface area contributed by atoms with Gasteiger partial charge in [0.25, 0.3) is 0 Å². The lowest BCUT2D eigenvalue weighted by atomic mass is 9.90. The van der Waals surface area contributed by atoms with Crippen LogP contribution < -0.4 is 0 Å². The van der Waals surface area contributed by atoms with Crippen LogP contribution in [0.1, 0.15) is 42.1 Å². The number of likely N-dealkylation sites (tertiary alicyclic amines) is 2. The summed E-state index contributed by atoms with van der Waals surface area (Å²) >= 11 is 1.30. The second-order valence-corrected chi connectivity index (χ2v) is 12.7. The predicted molar refractivity (Wildman–Crippen MR) is 140 cm³/mol. The van der Waals surface area contributed by atoms with Crippen molar-refractivity contribution in [3.63, 3.8) is 0 Å². The maximum atomic E-state index is 13.8. The number of alkyl halides is 3. The van der Waals surface area contributed by atoms with E-state index < -0.39 is 18.0 Å². The fourth-order valence-corrected chi connectivity index (χ4v) is 7.53. The van der Waals surface area contributed by atoms with Gasteiger partial charge in [0.15, 0.2) is 0 Å². The van der Waals surface area contributed by atoms with Crippen LogP contribution in [0.5, 0.6) is 0 Å². The minimum Gasteiger partial charge on any atom is -0.465 e. The van der Waals surface area contributed by atoms with E-state index in [1.54, 1.807) is 19.1 Å². The van der Waals surface area contributed by atoms with Crippen molar-refractivity contribution >= 4 is 39.5 Å². The first kappa shape index (κ1) is 26.7. The second-order valence-electron chi connectivity index (χ2n) is 11.5. The topological polar surface area (TPSA) is 104 Å². The van der Waals surface area contributed by atoms with E-state index in [2.05, 4.69) is 9.97 Å². The average molecular weight is 573 g/mol. The van der Waals surface area contributed by atoms with Crippen LogP contribution in [0, 0.1) is 30.1 Å². The molecular formula is C28H27F3N4O4S. The lowest BCUT2D eigenvalue weighted by Crippen LogP contribution is -2.35. The van der Waals surface area contributed by atoms with Gasteiger partial charge < -0.3 is 10.0 Å². The minimum absolute atomic E-state index is 0.0498. The van der Waals surface area contributed by atoms with Crippen LogP contribution in [0.3, 0.4) is 0 Å². The van der Waals surface area contributed by atoms with Crippen LogP contribution in [-0.4, -0.2) is 55.9 Å². The number of thiophene rings is 1. The van der Waals surface area contributed by atoms with Crippen LogP contribution in [0.15, 0.2) is 24.4 Å². The van der Waals surface area contributed by atoms with E-state index in [0.717, 1.165) is 6.07 Å². The number of hydrogen-bond acceptors (Lipinski definition) is 6. The smallest absolute Gasteiger partial charge is 0.433 e. The fraction of sp³-hybridized carbons (Fsp3) is 0.464. The summed E-state index contributed by atoms with van der Waals surface area (Å²) in [7, 11) is 0. The molecule has 3 atom stereocenters. The number of carbonyl (C=O) groups is 3. The van der Waals surface area contributed by atoms with Crippen LogP contribution in [0.4, 0.5) is 18.0 Å². The zero-order chi connectivity index (χ0) is 28.7. The molecule has 210 valence electrons. The quantitative estimate of drug-likeness (QED) is 0.413. The van der Waals surface area contributed by atoms with Crippen molar-refractivity contribution < 1.29 is 32.7 Å². The highest BCUT2D eigenvalue weighted by Gasteiger charge is 2.72. The van der Waals surface area contributed by atoms with Gasteiger partial charge in [0, 0.05) is 35.4 Å². The Kier molecular flexibility index (Phi) is 5.99. The number of imide groups is 1. The first-order valence-electron chi connectivity index (χ1n) is 13.1. The highest BCUT2D eigenvalue weighted by atomic mass is 32.1. The number of aryl methyl sites for hydroxylation is 1. The van der Waals surface area contributed by atoms with Crippen molar-refractivity contribution in [2.45, 2.75) is 46.3 Å². The van der Waals surface area contributed by atoms with Crippen LogP contribution in [-0.2, 0) is 28.7 Å². The number of nitrogens with zero attached hydrogens (tertiary/aromatic N) is 4. The molecule has 3 amide bonds. The molecule has 3 aliphatic rings. The molecule has 8 nitrogen and oxygen atoms in total. The molecule has 0 aromatic carbocycles. The molecule has 1 N–H and O–H groups in total. The second kappa shape index (κ2) is 8.98. The Hall–Kier alpha value is -3.54. The fourth-order valence-electron chi connectivity index (χ4n) is 6.40. The van der Waals surface area contributed by atoms with Crippen LogP contribution >= 0.6 is 11.3 Å². The van der Waals surface area contributed by atoms with Gasteiger partial charge in [0.2, 0.25) is 11.8 Å². The normalized spacial score (nSPS) is 23.8. The molecule has 2 aliphatic heterocycles. The van der Waals surface area contributed by atoms with E-state index in [4.69, 9.17) is 0 Å². The molecule has 5 heterocycles. The summed E-state index contributed by atoms with van der Waals surface area (Å²) in [5.41, 5.74) is 1.07. The monoisotopic (exact) mass is 572 g/mol. The summed E-state index contributed by atoms with van der Waals surface area (Å²) in [5.74, 6) is -0.997. The summed E-state index contributed by atoms with van der Waals surface area (Å²) in [5, 5.41) is 9.35. The summed E-state index contributed by atoms with van der Waals surface area (Å²) in [6.45, 7) is 6.17. The minimum atomic E-state index is -4.65. The third kappa shape index (κ3) is 4.23. The number of pyridine rings is 2. The van der Waals surface area contributed by atoms with Gasteiger partial charge in [-0.3, -0.25) is 19.5 Å². The Bertz CT molecular complexity index is 1560. The summed E-state index contributed by atoms with van der Waals surface area (Å²) in [6.07, 6.45) is -3.14. The Morgan fingerprint density at radius 3 is 2.50 bits per heavy atom. The lowest BCUT2D eigenvalue weighted by Gasteiger charge is -2.19. The molecule has 6 rings (SSSR count). The molecule has 1 saturated carbocycles. The van der Waals surface area contributed by atoms with Crippen molar-refractivity contribution in [1.29, 1.82) is 0 Å². The lowest BCUT2D eigenvalue weighted by molar-refractivity contribution is -0.144. The van der Waals surface area contributed by atoms with E-state index in [0.29, 0.717) is 57.7 Å². The van der Waals surface area contributed by atoms with Crippen molar-refractivity contribution in [1.82, 2.24) is 19.8 Å². The van der Waals surface area contributed by atoms with Gasteiger partial charge in [0.05, 0.1) is 28.6 Å². The van der Waals surface area contributed by atoms with Crippen molar-refractivity contribution in [3.05, 3.63) is 46.2 Å². The molecule has 12 heteroatoms. The Labute approximate surface area is 231 Å². The summed E-state index contributed by atoms with van der Waals surface area (Å²) < 4.78 is 42.2. The Morgan fingerprint density at radius 2 is 1.88 bits per heavy atom. The van der Waals surface area contributed by atoms with Crippen molar-refractivity contribution in [3.8, 4) is 11.1 Å². The molecule has 3 aromatic heterocycles. The van der Waals surface area contributed by atoms with E-state index in [-0.39, 0.29) is 47.2 Å². The molecule has 3 aromatic rings. The number of piperidine rings is 1. The van der Waals surface area contributed by atoms with Gasteiger partial charge in [-0.1, -0.05) is 13.8 Å². The zero-order valence-corrected chi connectivity index (χ0v) is 22.9. The first-order chi connectivity index (χ1) is 18.8. The third-order valence-corrected chi connectivity index (χ3v) is 9.77. The average Bonchev–Trinajstić information content (AvgIpc) is 3.29. The molecule has 0 radical (unpaired) electrons. The zero-order valence-electron chi connectivity index (χ0n) is 22.1. The number of fused-ring (bicyclic) bond motifs is 2. The molecule has 0 bridgehead atoms. The standard InChI is InChI=1S/C28H27F3N4O4S/c1-13-17(8-14-5-7-34(11-14)26(38)39)18(10-20(33-13)28(29,30)31)16-4-6-32-19-9-15(40-23(16)19)12-35-24(36)21-22(25(35)37)27(21,2)3/h4,6,9-10,14,21-22H,5,7-8,11-12H2,1-3H3,(H,38,39). The van der Waals surface area contributed by atoms with Gasteiger partial charge in [-0.25, -0.2) is 9.78 Å². The Morgan fingerprint density at radius 1 is 1.18 bits per heavy atom. The highest BCUT2D eigenvalue weighted by molar-refractivity contribution is 7.19. The van der Waals surface area contributed by atoms with E-state index in [9.17, 15) is 32.7 Å².